The maximum atomic E-state index is 11.4. The molecule has 0 unspecified atom stereocenters. The van der Waals surface area contributed by atoms with Crippen LogP contribution in [0.25, 0.3) is 0 Å². The van der Waals surface area contributed by atoms with Gasteiger partial charge in [-0.05, 0) is 18.8 Å². The highest BCUT2D eigenvalue weighted by molar-refractivity contribution is 5.99. The lowest BCUT2D eigenvalue weighted by Gasteiger charge is -2.17. The zero-order chi connectivity index (χ0) is 14.8. The summed E-state index contributed by atoms with van der Waals surface area (Å²) in [6, 6.07) is 0. The lowest BCUT2D eigenvalue weighted by molar-refractivity contribution is -0.137. The molecule has 0 aliphatic rings. The van der Waals surface area contributed by atoms with E-state index < -0.39 is 23.8 Å². The largest absolute Gasteiger partial charge is 0.391 e. The first kappa shape index (κ1) is 17.8. The van der Waals surface area contributed by atoms with Crippen molar-refractivity contribution in [1.29, 1.82) is 0 Å². The second-order valence-corrected chi connectivity index (χ2v) is 4.72. The third-order valence-electron chi connectivity index (χ3n) is 2.58. The second-order valence-electron chi connectivity index (χ2n) is 4.72. The Bertz CT molecular complexity index is 270. The van der Waals surface area contributed by atoms with Gasteiger partial charge in [-0.2, -0.15) is 0 Å². The fourth-order valence-electron chi connectivity index (χ4n) is 1.41. The Morgan fingerprint density at radius 3 is 2.16 bits per heavy atom. The minimum Gasteiger partial charge on any atom is -0.391 e. The number of aliphatic hydroxyl groups is 1. The van der Waals surface area contributed by atoms with Gasteiger partial charge in [0.15, 0.2) is 0 Å². The average molecular weight is 276 g/mol. The molecule has 2 amide bonds. The van der Waals surface area contributed by atoms with E-state index in [1.807, 2.05) is 10.9 Å². The van der Waals surface area contributed by atoms with E-state index in [4.69, 9.17) is 16.4 Å². The summed E-state index contributed by atoms with van der Waals surface area (Å²) < 4.78 is 5.26. The van der Waals surface area contributed by atoms with Crippen molar-refractivity contribution in [3.8, 4) is 0 Å². The van der Waals surface area contributed by atoms with Gasteiger partial charge in [0.25, 0.3) is 0 Å². The molecule has 0 saturated carbocycles. The molecule has 0 aromatic heterocycles. The van der Waals surface area contributed by atoms with Crippen LogP contribution in [0.15, 0.2) is 0 Å². The quantitative estimate of drug-likeness (QED) is 0.113. The van der Waals surface area contributed by atoms with Gasteiger partial charge >= 0.3 is 0 Å². The Kier molecular flexibility index (Phi) is 9.06. The number of hydrogen-bond donors (Lipinski definition) is 5. The predicted molar refractivity (Wildman–Crippen MR) is 69.0 cm³/mol. The van der Waals surface area contributed by atoms with Crippen LogP contribution in [-0.2, 0) is 14.3 Å². The molecule has 0 spiro atoms. The van der Waals surface area contributed by atoms with Gasteiger partial charge in [-0.25, -0.2) is 11.7 Å². The number of carbonyl (C=O) groups excluding carboxylic acids is 2. The molecule has 0 heterocycles. The van der Waals surface area contributed by atoms with Crippen molar-refractivity contribution < 1.29 is 19.4 Å². The van der Waals surface area contributed by atoms with E-state index in [0.717, 1.165) is 6.42 Å². The maximum absolute atomic E-state index is 11.4. The molecule has 0 radical (unpaired) electrons. The summed E-state index contributed by atoms with van der Waals surface area (Å²) in [5.41, 5.74) is 3.72. The summed E-state index contributed by atoms with van der Waals surface area (Å²) >= 11 is 0. The predicted octanol–water partition coefficient (Wildman–Crippen LogP) is -1.60. The van der Waals surface area contributed by atoms with Crippen molar-refractivity contribution in [3.63, 3.8) is 0 Å². The van der Waals surface area contributed by atoms with Crippen LogP contribution in [-0.4, -0.2) is 36.2 Å². The second kappa shape index (κ2) is 9.68. The Labute approximate surface area is 112 Å². The molecule has 1 atom stereocenters. The maximum Gasteiger partial charge on any atom is 0.246 e. The van der Waals surface area contributed by atoms with Crippen molar-refractivity contribution >= 4 is 11.8 Å². The topological polar surface area (TPSA) is 140 Å². The number of ether oxygens (including phenoxy) is 1. The fourth-order valence-corrected chi connectivity index (χ4v) is 1.41. The van der Waals surface area contributed by atoms with Crippen LogP contribution in [0.2, 0.25) is 0 Å². The zero-order valence-electron chi connectivity index (χ0n) is 11.4. The van der Waals surface area contributed by atoms with Crippen LogP contribution < -0.4 is 22.5 Å². The van der Waals surface area contributed by atoms with E-state index in [-0.39, 0.29) is 13.0 Å². The fraction of sp³-hybridized carbons (Fsp3) is 0.818. The average Bonchev–Trinajstić information content (AvgIpc) is 2.39. The number of hydrogen-bond acceptors (Lipinski definition) is 6. The lowest BCUT2D eigenvalue weighted by atomic mass is 10.0. The van der Waals surface area contributed by atoms with E-state index in [0.29, 0.717) is 12.5 Å². The van der Waals surface area contributed by atoms with Gasteiger partial charge in [0.05, 0.1) is 12.7 Å². The Hall–Kier alpha value is -1.22. The molecule has 8 nitrogen and oxygen atoms in total. The molecule has 7 N–H and O–H groups in total. The van der Waals surface area contributed by atoms with Crippen molar-refractivity contribution in [1.82, 2.24) is 10.9 Å². The Morgan fingerprint density at radius 1 is 1.21 bits per heavy atom. The summed E-state index contributed by atoms with van der Waals surface area (Å²) in [6.45, 7) is 4.70. The summed E-state index contributed by atoms with van der Waals surface area (Å²) in [4.78, 5) is 22.7. The Balaban J connectivity index is 4.13. The first-order valence-electron chi connectivity index (χ1n) is 6.19. The SMILES string of the molecule is CC(C)CCOC[C@@H](O)CC(C(=O)NN)C(=O)NN. The number of amides is 2. The lowest BCUT2D eigenvalue weighted by Crippen LogP contribution is -2.47. The Morgan fingerprint density at radius 2 is 1.74 bits per heavy atom. The highest BCUT2D eigenvalue weighted by Gasteiger charge is 2.28. The first-order chi connectivity index (χ1) is 8.92. The van der Waals surface area contributed by atoms with E-state index in [1.165, 1.54) is 0 Å². The van der Waals surface area contributed by atoms with E-state index in [2.05, 4.69) is 13.8 Å². The normalized spacial score (nSPS) is 12.6. The van der Waals surface area contributed by atoms with Crippen molar-refractivity contribution in [3.05, 3.63) is 0 Å². The number of carbonyl (C=O) groups is 2. The molecule has 0 aliphatic carbocycles. The van der Waals surface area contributed by atoms with Crippen molar-refractivity contribution in [2.45, 2.75) is 32.8 Å². The summed E-state index contributed by atoms with van der Waals surface area (Å²) in [6.07, 6.45) is -0.164. The van der Waals surface area contributed by atoms with Crippen LogP contribution in [0.4, 0.5) is 0 Å². The van der Waals surface area contributed by atoms with Gasteiger partial charge in [-0.1, -0.05) is 13.8 Å². The third-order valence-corrected chi connectivity index (χ3v) is 2.58. The van der Waals surface area contributed by atoms with Gasteiger partial charge in [-0.15, -0.1) is 0 Å². The number of hydrazine groups is 2. The number of nitrogens with two attached hydrogens (primary N) is 2. The van der Waals surface area contributed by atoms with Gasteiger partial charge in [0, 0.05) is 6.61 Å². The molecule has 0 aromatic carbocycles. The highest BCUT2D eigenvalue weighted by atomic mass is 16.5. The summed E-state index contributed by atoms with van der Waals surface area (Å²) in [5.74, 6) is 7.89. The van der Waals surface area contributed by atoms with Gasteiger partial charge in [0.1, 0.15) is 5.92 Å². The van der Waals surface area contributed by atoms with Crippen LogP contribution in [0.3, 0.4) is 0 Å². The molecule has 112 valence electrons. The van der Waals surface area contributed by atoms with E-state index >= 15 is 0 Å². The number of aliphatic hydroxyl groups excluding tert-OH is 1. The summed E-state index contributed by atoms with van der Waals surface area (Å²) in [7, 11) is 0. The van der Waals surface area contributed by atoms with Crippen LogP contribution in [0.5, 0.6) is 0 Å². The molecule has 19 heavy (non-hydrogen) atoms. The molecular formula is C11H24N4O4. The third kappa shape index (κ3) is 7.73. The van der Waals surface area contributed by atoms with Crippen molar-refractivity contribution in [2.24, 2.45) is 23.5 Å². The number of rotatable bonds is 9. The van der Waals surface area contributed by atoms with Crippen LogP contribution >= 0.6 is 0 Å². The van der Waals surface area contributed by atoms with Gasteiger partial charge < -0.3 is 9.84 Å². The minimum atomic E-state index is -1.14. The molecule has 8 heteroatoms. The van der Waals surface area contributed by atoms with Crippen LogP contribution in [0.1, 0.15) is 26.7 Å². The molecule has 0 bridgehead atoms. The highest BCUT2D eigenvalue weighted by Crippen LogP contribution is 2.08. The number of nitrogens with one attached hydrogen (secondary N) is 2. The van der Waals surface area contributed by atoms with E-state index in [9.17, 15) is 14.7 Å². The standard InChI is InChI=1S/C11H24N4O4/c1-7(2)3-4-19-6-8(16)5-9(10(17)14-12)11(18)15-13/h7-9,16H,3-6,12-13H2,1-2H3,(H,14,17)(H,15,18)/t8-/m0/s1. The molecule has 0 rings (SSSR count). The van der Waals surface area contributed by atoms with E-state index in [1.54, 1.807) is 0 Å². The zero-order valence-corrected chi connectivity index (χ0v) is 11.4. The summed E-state index contributed by atoms with van der Waals surface area (Å²) in [5, 5.41) is 9.71. The van der Waals surface area contributed by atoms with Gasteiger partial charge in [0.2, 0.25) is 11.8 Å². The monoisotopic (exact) mass is 276 g/mol. The van der Waals surface area contributed by atoms with Gasteiger partial charge in [-0.3, -0.25) is 20.4 Å². The van der Waals surface area contributed by atoms with Crippen molar-refractivity contribution in [2.75, 3.05) is 13.2 Å². The van der Waals surface area contributed by atoms with Crippen LogP contribution in [0, 0.1) is 11.8 Å². The molecule has 0 aliphatic heterocycles. The molecule has 0 fully saturated rings. The molecular weight excluding hydrogens is 252 g/mol. The molecule has 0 aromatic rings. The smallest absolute Gasteiger partial charge is 0.246 e. The first-order valence-corrected chi connectivity index (χ1v) is 6.19. The minimum absolute atomic E-state index is 0.0545. The molecule has 0 saturated heterocycles.